The van der Waals surface area contributed by atoms with Crippen molar-refractivity contribution in [2.45, 2.75) is 39.0 Å². The third kappa shape index (κ3) is 2.96. The Labute approximate surface area is 82.5 Å². The highest BCUT2D eigenvalue weighted by atomic mass is 15.1. The van der Waals surface area contributed by atoms with E-state index in [2.05, 4.69) is 18.9 Å². The van der Waals surface area contributed by atoms with E-state index in [0.29, 0.717) is 5.41 Å². The molecule has 1 rings (SSSR count). The lowest BCUT2D eigenvalue weighted by atomic mass is 9.86. The molecule has 0 bridgehead atoms. The molecule has 0 radical (unpaired) electrons. The van der Waals surface area contributed by atoms with Crippen LogP contribution < -0.4 is 5.73 Å². The monoisotopic (exact) mass is 184 g/mol. The molecular formula is C11H24N2. The Balaban J connectivity index is 2.38. The molecule has 0 amide bonds. The number of hydrogen-bond donors (Lipinski definition) is 1. The maximum atomic E-state index is 5.89. The molecule has 0 atom stereocenters. The van der Waals surface area contributed by atoms with Crippen LogP contribution in [-0.2, 0) is 0 Å². The zero-order valence-electron chi connectivity index (χ0n) is 9.18. The Morgan fingerprint density at radius 3 is 2.38 bits per heavy atom. The average Bonchev–Trinajstić information content (AvgIpc) is 2.54. The summed E-state index contributed by atoms with van der Waals surface area (Å²) in [6.07, 6.45) is 6.71. The van der Waals surface area contributed by atoms with Crippen LogP contribution in [0, 0.1) is 5.41 Å². The maximum Gasteiger partial charge on any atom is 0.00470 e. The predicted octanol–water partition coefficient (Wildman–Crippen LogP) is 1.85. The van der Waals surface area contributed by atoms with Crippen LogP contribution in [-0.4, -0.2) is 31.6 Å². The normalized spacial score (nSPS) is 21.2. The molecule has 78 valence electrons. The Morgan fingerprint density at radius 2 is 1.92 bits per heavy atom. The molecule has 0 aromatic carbocycles. The van der Waals surface area contributed by atoms with Gasteiger partial charge in [-0.25, -0.2) is 0 Å². The van der Waals surface area contributed by atoms with Crippen LogP contribution in [0.25, 0.3) is 0 Å². The first-order chi connectivity index (χ1) is 6.22. The second-order valence-corrected chi connectivity index (χ2v) is 4.65. The first kappa shape index (κ1) is 11.0. The van der Waals surface area contributed by atoms with E-state index in [1.54, 1.807) is 0 Å². The zero-order chi connectivity index (χ0) is 9.73. The highest BCUT2D eigenvalue weighted by molar-refractivity contribution is 4.87. The van der Waals surface area contributed by atoms with Gasteiger partial charge in [-0.15, -0.1) is 0 Å². The largest absolute Gasteiger partial charge is 0.330 e. The van der Waals surface area contributed by atoms with Gasteiger partial charge in [0.1, 0.15) is 0 Å². The third-order valence-electron chi connectivity index (χ3n) is 3.31. The van der Waals surface area contributed by atoms with E-state index in [1.165, 1.54) is 45.2 Å². The number of rotatable bonds is 5. The first-order valence-corrected chi connectivity index (χ1v) is 5.61. The molecule has 2 heteroatoms. The van der Waals surface area contributed by atoms with E-state index in [0.717, 1.165) is 6.54 Å². The summed E-state index contributed by atoms with van der Waals surface area (Å²) in [4.78, 5) is 2.44. The van der Waals surface area contributed by atoms with E-state index >= 15 is 0 Å². The molecule has 0 unspecified atom stereocenters. The Kier molecular flexibility index (Phi) is 4.20. The minimum Gasteiger partial charge on any atom is -0.330 e. The highest BCUT2D eigenvalue weighted by Crippen LogP contribution is 2.37. The van der Waals surface area contributed by atoms with Crippen LogP contribution in [0.5, 0.6) is 0 Å². The van der Waals surface area contributed by atoms with Gasteiger partial charge in [-0.05, 0) is 44.8 Å². The fraction of sp³-hybridized carbons (Fsp3) is 1.00. The van der Waals surface area contributed by atoms with Gasteiger partial charge in [0, 0.05) is 6.54 Å². The molecule has 0 aromatic rings. The van der Waals surface area contributed by atoms with Gasteiger partial charge in [0.05, 0.1) is 0 Å². The smallest absolute Gasteiger partial charge is 0.00470 e. The lowest BCUT2D eigenvalue weighted by Crippen LogP contribution is -2.39. The van der Waals surface area contributed by atoms with Crippen LogP contribution in [0.3, 0.4) is 0 Å². The topological polar surface area (TPSA) is 29.3 Å². The molecule has 13 heavy (non-hydrogen) atoms. The molecule has 0 spiro atoms. The van der Waals surface area contributed by atoms with E-state index in [-0.39, 0.29) is 0 Å². The van der Waals surface area contributed by atoms with Gasteiger partial charge in [0.2, 0.25) is 0 Å². The predicted molar refractivity (Wildman–Crippen MR) is 57.7 cm³/mol. The summed E-state index contributed by atoms with van der Waals surface area (Å²) >= 11 is 0. The van der Waals surface area contributed by atoms with Gasteiger partial charge in [-0.2, -0.15) is 0 Å². The summed E-state index contributed by atoms with van der Waals surface area (Å²) in [5.74, 6) is 0. The molecule has 0 aliphatic heterocycles. The summed E-state index contributed by atoms with van der Waals surface area (Å²) < 4.78 is 0. The van der Waals surface area contributed by atoms with Gasteiger partial charge in [0.15, 0.2) is 0 Å². The van der Waals surface area contributed by atoms with Crippen molar-refractivity contribution >= 4 is 0 Å². The van der Waals surface area contributed by atoms with Gasteiger partial charge in [-0.1, -0.05) is 19.8 Å². The molecule has 1 aliphatic rings. The fourth-order valence-electron chi connectivity index (χ4n) is 2.59. The SMILES string of the molecule is CCCN(C)CC1(CN)CCCC1. The maximum absolute atomic E-state index is 5.89. The summed E-state index contributed by atoms with van der Waals surface area (Å²) in [6.45, 7) is 5.53. The second-order valence-electron chi connectivity index (χ2n) is 4.65. The van der Waals surface area contributed by atoms with E-state index in [4.69, 9.17) is 5.73 Å². The summed E-state index contributed by atoms with van der Waals surface area (Å²) in [5.41, 5.74) is 6.35. The summed E-state index contributed by atoms with van der Waals surface area (Å²) in [5, 5.41) is 0. The molecule has 1 aliphatic carbocycles. The van der Waals surface area contributed by atoms with Gasteiger partial charge in [0.25, 0.3) is 0 Å². The number of nitrogens with two attached hydrogens (primary N) is 1. The number of nitrogens with zero attached hydrogens (tertiary/aromatic N) is 1. The lowest BCUT2D eigenvalue weighted by Gasteiger charge is -2.32. The van der Waals surface area contributed by atoms with Crippen molar-refractivity contribution in [3.63, 3.8) is 0 Å². The van der Waals surface area contributed by atoms with Gasteiger partial charge >= 0.3 is 0 Å². The average molecular weight is 184 g/mol. The highest BCUT2D eigenvalue weighted by Gasteiger charge is 2.33. The molecule has 1 saturated carbocycles. The van der Waals surface area contributed by atoms with Crippen molar-refractivity contribution in [3.8, 4) is 0 Å². The molecule has 2 nitrogen and oxygen atoms in total. The van der Waals surface area contributed by atoms with Crippen molar-refractivity contribution in [2.24, 2.45) is 11.1 Å². The van der Waals surface area contributed by atoms with Crippen LogP contribution >= 0.6 is 0 Å². The quantitative estimate of drug-likeness (QED) is 0.706. The molecule has 0 saturated heterocycles. The van der Waals surface area contributed by atoms with Crippen LogP contribution in [0.2, 0.25) is 0 Å². The van der Waals surface area contributed by atoms with Crippen LogP contribution in [0.15, 0.2) is 0 Å². The van der Waals surface area contributed by atoms with E-state index in [1.807, 2.05) is 0 Å². The standard InChI is InChI=1S/C11H24N2/c1-3-8-13(2)10-11(9-12)6-4-5-7-11/h3-10,12H2,1-2H3. The zero-order valence-corrected chi connectivity index (χ0v) is 9.18. The van der Waals surface area contributed by atoms with Crippen LogP contribution in [0.1, 0.15) is 39.0 Å². The minimum absolute atomic E-state index is 0.462. The Morgan fingerprint density at radius 1 is 1.31 bits per heavy atom. The number of hydrogen-bond acceptors (Lipinski definition) is 2. The van der Waals surface area contributed by atoms with Crippen molar-refractivity contribution in [2.75, 3.05) is 26.7 Å². The Hall–Kier alpha value is -0.0800. The van der Waals surface area contributed by atoms with Crippen molar-refractivity contribution < 1.29 is 0 Å². The molecular weight excluding hydrogens is 160 g/mol. The van der Waals surface area contributed by atoms with Crippen molar-refractivity contribution in [1.29, 1.82) is 0 Å². The molecule has 0 aromatic heterocycles. The Bertz CT molecular complexity index is 139. The summed E-state index contributed by atoms with van der Waals surface area (Å²) in [6, 6.07) is 0. The second kappa shape index (κ2) is 4.97. The van der Waals surface area contributed by atoms with Crippen molar-refractivity contribution in [1.82, 2.24) is 4.90 Å². The summed E-state index contributed by atoms with van der Waals surface area (Å²) in [7, 11) is 2.22. The molecule has 2 N–H and O–H groups in total. The van der Waals surface area contributed by atoms with E-state index < -0.39 is 0 Å². The van der Waals surface area contributed by atoms with Gasteiger partial charge < -0.3 is 10.6 Å². The van der Waals surface area contributed by atoms with Gasteiger partial charge in [-0.3, -0.25) is 0 Å². The molecule has 0 heterocycles. The van der Waals surface area contributed by atoms with E-state index in [9.17, 15) is 0 Å². The molecule has 1 fully saturated rings. The van der Waals surface area contributed by atoms with Crippen LogP contribution in [0.4, 0.5) is 0 Å². The van der Waals surface area contributed by atoms with Crippen molar-refractivity contribution in [3.05, 3.63) is 0 Å². The third-order valence-corrected chi connectivity index (χ3v) is 3.31. The fourth-order valence-corrected chi connectivity index (χ4v) is 2.59. The lowest BCUT2D eigenvalue weighted by molar-refractivity contribution is 0.185. The first-order valence-electron chi connectivity index (χ1n) is 5.61. The minimum atomic E-state index is 0.462.